The normalized spacial score (nSPS) is 12.1. The number of fused-ring (bicyclic) bond motifs is 11. The number of hydrogen-bond acceptors (Lipinski definition) is 0. The average Bonchev–Trinajstić information content (AvgIpc) is 2.61. The first kappa shape index (κ1) is 50.5. The molecule has 0 aliphatic rings. The summed E-state index contributed by atoms with van der Waals surface area (Å²) in [5.41, 5.74) is 23.4. The molecule has 0 amide bonds. The van der Waals surface area contributed by atoms with Gasteiger partial charge in [0.2, 0.25) is 0 Å². The van der Waals surface area contributed by atoms with Crippen molar-refractivity contribution in [3.8, 4) is 61.6 Å². The molecule has 0 atom stereocenters. The van der Waals surface area contributed by atoms with Crippen molar-refractivity contribution in [2.75, 3.05) is 0 Å². The third kappa shape index (κ3) is 8.32. The average molecular weight is 1090 g/mol. The van der Waals surface area contributed by atoms with E-state index in [2.05, 4.69) is 314 Å². The standard InChI is InChI=1S/C82H63N3/c1-52(2)46-60-22-8-16-30-73(60)84-75-32-18-14-24-63(75)69-48-56(38-44-79(69)84)58-36-42-77-71(50-58)72-51-59(57-39-45-80-70(49-57)64-25-15-19-33-76(64)85(80)74-31-17-9-23-61(74)47-53(3)4)37-43-78(72)83(77)62-40-34-55(35-41-62)82-67-28-12-10-26-65(67)81(54-20-6-5-7-21-54)66-27-11-13-29-68(66)82/h5-45,48-53H,46-47H2,1-4H3. The molecule has 0 bridgehead atoms. The predicted octanol–water partition coefficient (Wildman–Crippen LogP) is 22.3. The van der Waals surface area contributed by atoms with Crippen LogP contribution >= 0.6 is 0 Å². The lowest BCUT2D eigenvalue weighted by Crippen LogP contribution is -2.02. The molecule has 16 aromatic rings. The number of para-hydroxylation sites is 4. The highest BCUT2D eigenvalue weighted by atomic mass is 15.0. The zero-order valence-electron chi connectivity index (χ0n) is 48.4. The highest BCUT2D eigenvalue weighted by molar-refractivity contribution is 6.22. The van der Waals surface area contributed by atoms with Crippen LogP contribution in [0, 0.1) is 11.8 Å². The molecular formula is C82H63N3. The smallest absolute Gasteiger partial charge is 0.0541 e. The van der Waals surface area contributed by atoms with Gasteiger partial charge in [-0.25, -0.2) is 0 Å². The van der Waals surface area contributed by atoms with Crippen molar-refractivity contribution in [1.82, 2.24) is 13.7 Å². The summed E-state index contributed by atoms with van der Waals surface area (Å²) >= 11 is 0. The van der Waals surface area contributed by atoms with Crippen LogP contribution < -0.4 is 0 Å². The molecule has 0 aliphatic carbocycles. The zero-order valence-corrected chi connectivity index (χ0v) is 48.4. The molecule has 3 aromatic heterocycles. The van der Waals surface area contributed by atoms with Crippen LogP contribution in [0.3, 0.4) is 0 Å². The van der Waals surface area contributed by atoms with Crippen LogP contribution in [0.4, 0.5) is 0 Å². The van der Waals surface area contributed by atoms with E-state index in [1.807, 2.05) is 0 Å². The van der Waals surface area contributed by atoms with Gasteiger partial charge in [0, 0.05) is 49.4 Å². The van der Waals surface area contributed by atoms with E-state index >= 15 is 0 Å². The van der Waals surface area contributed by atoms with E-state index in [0.717, 1.165) is 18.5 Å². The number of aromatic nitrogens is 3. The Bertz CT molecular complexity index is 5010. The fourth-order valence-corrected chi connectivity index (χ4v) is 14.3. The minimum atomic E-state index is 0.544. The van der Waals surface area contributed by atoms with Crippen molar-refractivity contribution in [3.63, 3.8) is 0 Å². The highest BCUT2D eigenvalue weighted by Crippen LogP contribution is 2.46. The predicted molar refractivity (Wildman–Crippen MR) is 363 cm³/mol. The summed E-state index contributed by atoms with van der Waals surface area (Å²) in [6, 6.07) is 102. The largest absolute Gasteiger partial charge is 0.309 e. The Labute approximate surface area is 495 Å². The first-order chi connectivity index (χ1) is 41.8. The van der Waals surface area contributed by atoms with Crippen LogP contribution in [-0.2, 0) is 12.8 Å². The second-order valence-electron chi connectivity index (χ2n) is 24.2. The molecule has 0 spiro atoms. The number of benzene rings is 13. The van der Waals surface area contributed by atoms with Crippen molar-refractivity contribution >= 4 is 87.0 Å². The topological polar surface area (TPSA) is 14.8 Å². The van der Waals surface area contributed by atoms with E-state index in [4.69, 9.17) is 0 Å². The SMILES string of the molecule is CC(C)Cc1ccccc1-n1c2ccccc2c2cc(-c3ccc4c(c3)c3cc(-c5ccc6c(c5)c5ccccc5n6-c5ccccc5CC(C)C)ccc3n4-c3ccc(-c4c5ccccc5c(-c5ccccc5)c5ccccc45)cc3)ccc21. The molecule has 3 heterocycles. The molecule has 0 fully saturated rings. The minimum absolute atomic E-state index is 0.544. The maximum atomic E-state index is 2.49. The Kier molecular flexibility index (Phi) is 12.1. The summed E-state index contributed by atoms with van der Waals surface area (Å²) in [6.45, 7) is 9.24. The van der Waals surface area contributed by atoms with Gasteiger partial charge < -0.3 is 13.7 Å². The van der Waals surface area contributed by atoms with Gasteiger partial charge in [-0.1, -0.05) is 216 Å². The third-order valence-corrected chi connectivity index (χ3v) is 17.9. The van der Waals surface area contributed by atoms with Crippen molar-refractivity contribution in [3.05, 3.63) is 284 Å². The van der Waals surface area contributed by atoms with E-state index < -0.39 is 0 Å². The molecule has 0 saturated heterocycles. The molecular weight excluding hydrogens is 1030 g/mol. The molecule has 0 saturated carbocycles. The maximum Gasteiger partial charge on any atom is 0.0541 e. The zero-order chi connectivity index (χ0) is 56.9. The van der Waals surface area contributed by atoms with Gasteiger partial charge in [0.25, 0.3) is 0 Å². The Balaban J connectivity index is 0.875. The third-order valence-electron chi connectivity index (χ3n) is 17.9. The maximum absolute atomic E-state index is 2.49. The van der Waals surface area contributed by atoms with Gasteiger partial charge in [-0.2, -0.15) is 0 Å². The van der Waals surface area contributed by atoms with Crippen LogP contribution in [0.5, 0.6) is 0 Å². The summed E-state index contributed by atoms with van der Waals surface area (Å²) in [4.78, 5) is 0. The van der Waals surface area contributed by atoms with Crippen LogP contribution in [0.15, 0.2) is 273 Å². The quantitative estimate of drug-likeness (QED) is 0.115. The van der Waals surface area contributed by atoms with Gasteiger partial charge in [-0.15, -0.1) is 0 Å². The highest BCUT2D eigenvalue weighted by Gasteiger charge is 2.22. The van der Waals surface area contributed by atoms with E-state index in [-0.39, 0.29) is 0 Å². The summed E-state index contributed by atoms with van der Waals surface area (Å²) < 4.78 is 7.45. The molecule has 3 nitrogen and oxygen atoms in total. The Hall–Kier alpha value is -10.2. The molecule has 406 valence electrons. The minimum Gasteiger partial charge on any atom is -0.309 e. The molecule has 0 aliphatic heterocycles. The van der Waals surface area contributed by atoms with Crippen LogP contribution in [0.25, 0.3) is 149 Å². The molecule has 0 unspecified atom stereocenters. The van der Waals surface area contributed by atoms with Crippen molar-refractivity contribution in [2.24, 2.45) is 11.8 Å². The molecule has 85 heavy (non-hydrogen) atoms. The number of rotatable bonds is 11. The Morgan fingerprint density at radius 2 is 0.529 bits per heavy atom. The summed E-state index contributed by atoms with van der Waals surface area (Å²) in [7, 11) is 0. The Morgan fingerprint density at radius 1 is 0.235 bits per heavy atom. The van der Waals surface area contributed by atoms with Crippen molar-refractivity contribution in [1.29, 1.82) is 0 Å². The molecule has 13 aromatic carbocycles. The van der Waals surface area contributed by atoms with E-state index in [9.17, 15) is 0 Å². The van der Waals surface area contributed by atoms with E-state index in [1.165, 1.54) is 154 Å². The van der Waals surface area contributed by atoms with Gasteiger partial charge in [0.15, 0.2) is 0 Å². The lowest BCUT2D eigenvalue weighted by Gasteiger charge is -2.18. The summed E-state index contributed by atoms with van der Waals surface area (Å²) in [5.74, 6) is 1.09. The van der Waals surface area contributed by atoms with Gasteiger partial charge >= 0.3 is 0 Å². The van der Waals surface area contributed by atoms with Crippen LogP contribution in [0.2, 0.25) is 0 Å². The fourth-order valence-electron chi connectivity index (χ4n) is 14.3. The summed E-state index contributed by atoms with van der Waals surface area (Å²) in [6.07, 6.45) is 2.04. The fraction of sp³-hybridized carbons (Fsp3) is 0.0976. The lowest BCUT2D eigenvalue weighted by molar-refractivity contribution is 0.645. The molecule has 0 radical (unpaired) electrons. The van der Waals surface area contributed by atoms with Crippen molar-refractivity contribution in [2.45, 2.75) is 40.5 Å². The van der Waals surface area contributed by atoms with Gasteiger partial charge in [0.1, 0.15) is 0 Å². The second-order valence-corrected chi connectivity index (χ2v) is 24.2. The van der Waals surface area contributed by atoms with Crippen LogP contribution in [0.1, 0.15) is 38.8 Å². The number of hydrogen-bond donors (Lipinski definition) is 0. The molecule has 16 rings (SSSR count). The van der Waals surface area contributed by atoms with Crippen molar-refractivity contribution < 1.29 is 0 Å². The Morgan fingerprint density at radius 3 is 0.929 bits per heavy atom. The number of nitrogens with zero attached hydrogens (tertiary/aromatic N) is 3. The van der Waals surface area contributed by atoms with E-state index in [1.54, 1.807) is 0 Å². The van der Waals surface area contributed by atoms with Crippen LogP contribution in [-0.4, -0.2) is 13.7 Å². The first-order valence-electron chi connectivity index (χ1n) is 30.2. The second kappa shape index (κ2) is 20.3. The van der Waals surface area contributed by atoms with E-state index in [0.29, 0.717) is 11.8 Å². The monoisotopic (exact) mass is 1090 g/mol. The lowest BCUT2D eigenvalue weighted by atomic mass is 9.86. The van der Waals surface area contributed by atoms with Gasteiger partial charge in [0.05, 0.1) is 33.1 Å². The summed E-state index contributed by atoms with van der Waals surface area (Å²) in [5, 5.41) is 12.5. The van der Waals surface area contributed by atoms with Gasteiger partial charge in [-0.3, -0.25) is 0 Å². The molecule has 0 N–H and O–H groups in total. The van der Waals surface area contributed by atoms with Gasteiger partial charge in [-0.05, 0) is 187 Å². The first-order valence-corrected chi connectivity index (χ1v) is 30.2. The molecule has 3 heteroatoms.